The molecule has 0 aliphatic carbocycles. The van der Waals surface area contributed by atoms with Crippen LogP contribution in [0.5, 0.6) is 0 Å². The Balaban J connectivity index is 1.89. The van der Waals surface area contributed by atoms with Gasteiger partial charge in [-0.15, -0.1) is 0 Å². The van der Waals surface area contributed by atoms with E-state index in [2.05, 4.69) is 15.5 Å². The minimum absolute atomic E-state index is 0.305. The normalized spacial score (nSPS) is 10.7. The zero-order chi connectivity index (χ0) is 14.1. The summed E-state index contributed by atoms with van der Waals surface area (Å²) in [5.41, 5.74) is 1.91. The maximum absolute atomic E-state index is 12.2. The summed E-state index contributed by atoms with van der Waals surface area (Å²) >= 11 is 11.9. The van der Waals surface area contributed by atoms with Gasteiger partial charge in [-0.25, -0.2) is 0 Å². The molecule has 0 bridgehead atoms. The number of nitrogens with zero attached hydrogens (tertiary/aromatic N) is 1. The number of benzene rings is 2. The summed E-state index contributed by atoms with van der Waals surface area (Å²) in [5, 5.41) is 11.3. The number of carbonyl (C=O) groups excluding carboxylic acids is 1. The zero-order valence-corrected chi connectivity index (χ0v) is 11.7. The van der Waals surface area contributed by atoms with Crippen LogP contribution in [-0.4, -0.2) is 16.1 Å². The summed E-state index contributed by atoms with van der Waals surface area (Å²) in [4.78, 5) is 12.2. The quantitative estimate of drug-likeness (QED) is 0.748. The van der Waals surface area contributed by atoms with Crippen LogP contribution in [0.1, 0.15) is 10.4 Å². The third kappa shape index (κ3) is 2.48. The van der Waals surface area contributed by atoms with Crippen molar-refractivity contribution in [3.63, 3.8) is 0 Å². The molecule has 20 heavy (non-hydrogen) atoms. The number of carbonyl (C=O) groups is 1. The third-order valence-corrected chi connectivity index (χ3v) is 3.44. The Morgan fingerprint density at radius 1 is 1.15 bits per heavy atom. The van der Waals surface area contributed by atoms with Gasteiger partial charge < -0.3 is 5.32 Å². The Bertz CT molecular complexity index is 798. The van der Waals surface area contributed by atoms with Crippen LogP contribution in [0, 0.1) is 0 Å². The summed E-state index contributed by atoms with van der Waals surface area (Å²) < 4.78 is 0. The van der Waals surface area contributed by atoms with E-state index in [1.807, 2.05) is 12.1 Å². The SMILES string of the molecule is O=C(Nc1ccc2[nH]ncc2c1)c1cc(Cl)ccc1Cl. The zero-order valence-electron chi connectivity index (χ0n) is 10.2. The number of fused-ring (bicyclic) bond motifs is 1. The molecule has 0 unspecified atom stereocenters. The minimum Gasteiger partial charge on any atom is -0.322 e. The topological polar surface area (TPSA) is 57.8 Å². The largest absolute Gasteiger partial charge is 0.322 e. The van der Waals surface area contributed by atoms with Crippen molar-refractivity contribution in [3.05, 3.63) is 58.2 Å². The Hall–Kier alpha value is -2.04. The lowest BCUT2D eigenvalue weighted by molar-refractivity contribution is 0.102. The van der Waals surface area contributed by atoms with Gasteiger partial charge in [0.25, 0.3) is 5.91 Å². The molecule has 0 fully saturated rings. The van der Waals surface area contributed by atoms with E-state index in [9.17, 15) is 4.79 Å². The second-order valence-corrected chi connectivity index (χ2v) is 5.09. The smallest absolute Gasteiger partial charge is 0.257 e. The molecule has 0 aliphatic rings. The minimum atomic E-state index is -0.305. The molecule has 1 aromatic heterocycles. The molecular formula is C14H9Cl2N3O. The van der Waals surface area contributed by atoms with Crippen molar-refractivity contribution in [1.29, 1.82) is 0 Å². The van der Waals surface area contributed by atoms with Crippen molar-refractivity contribution in [2.75, 3.05) is 5.32 Å². The molecule has 0 atom stereocenters. The van der Waals surface area contributed by atoms with E-state index in [1.54, 1.807) is 24.4 Å². The van der Waals surface area contributed by atoms with Crippen LogP contribution in [0.4, 0.5) is 5.69 Å². The van der Waals surface area contributed by atoms with Gasteiger partial charge in [-0.2, -0.15) is 5.10 Å². The van der Waals surface area contributed by atoms with Crippen LogP contribution in [-0.2, 0) is 0 Å². The van der Waals surface area contributed by atoms with E-state index in [-0.39, 0.29) is 5.91 Å². The van der Waals surface area contributed by atoms with Gasteiger partial charge >= 0.3 is 0 Å². The lowest BCUT2D eigenvalue weighted by atomic mass is 10.2. The highest BCUT2D eigenvalue weighted by molar-refractivity contribution is 6.36. The fourth-order valence-corrected chi connectivity index (χ4v) is 2.27. The molecular weight excluding hydrogens is 297 g/mol. The number of aromatic amines is 1. The molecule has 3 aromatic rings. The van der Waals surface area contributed by atoms with Crippen LogP contribution in [0.2, 0.25) is 10.0 Å². The van der Waals surface area contributed by atoms with Crippen LogP contribution in [0.25, 0.3) is 10.9 Å². The number of H-pyrrole nitrogens is 1. The Morgan fingerprint density at radius 3 is 2.85 bits per heavy atom. The first-order valence-electron chi connectivity index (χ1n) is 5.83. The van der Waals surface area contributed by atoms with E-state index in [0.717, 1.165) is 10.9 Å². The molecule has 1 amide bonds. The highest BCUT2D eigenvalue weighted by Crippen LogP contribution is 2.23. The first-order chi connectivity index (χ1) is 9.63. The average molecular weight is 306 g/mol. The van der Waals surface area contributed by atoms with Gasteiger partial charge in [0.05, 0.1) is 22.3 Å². The fraction of sp³-hybridized carbons (Fsp3) is 0. The number of aromatic nitrogens is 2. The van der Waals surface area contributed by atoms with Crippen molar-refractivity contribution in [2.24, 2.45) is 0 Å². The molecule has 100 valence electrons. The molecule has 0 aliphatic heterocycles. The second-order valence-electron chi connectivity index (χ2n) is 4.25. The van der Waals surface area contributed by atoms with E-state index in [0.29, 0.717) is 21.3 Å². The van der Waals surface area contributed by atoms with Crippen molar-refractivity contribution < 1.29 is 4.79 Å². The molecule has 2 N–H and O–H groups in total. The number of halogens is 2. The molecule has 0 saturated carbocycles. The molecule has 4 nitrogen and oxygen atoms in total. The van der Waals surface area contributed by atoms with Gasteiger partial charge in [0.15, 0.2) is 0 Å². The van der Waals surface area contributed by atoms with Gasteiger partial charge in [-0.05, 0) is 36.4 Å². The molecule has 0 saturated heterocycles. The summed E-state index contributed by atoms with van der Waals surface area (Å²) in [6.45, 7) is 0. The van der Waals surface area contributed by atoms with Crippen molar-refractivity contribution in [3.8, 4) is 0 Å². The van der Waals surface area contributed by atoms with Crippen LogP contribution < -0.4 is 5.32 Å². The van der Waals surface area contributed by atoms with Crippen molar-refractivity contribution in [1.82, 2.24) is 10.2 Å². The predicted molar refractivity (Wildman–Crippen MR) is 80.5 cm³/mol. The van der Waals surface area contributed by atoms with E-state index in [4.69, 9.17) is 23.2 Å². The summed E-state index contributed by atoms with van der Waals surface area (Å²) in [6.07, 6.45) is 1.69. The second kappa shape index (κ2) is 5.15. The maximum Gasteiger partial charge on any atom is 0.257 e. The fourth-order valence-electron chi connectivity index (χ4n) is 1.89. The summed E-state index contributed by atoms with van der Waals surface area (Å²) in [6, 6.07) is 10.2. The van der Waals surface area contributed by atoms with E-state index < -0.39 is 0 Å². The van der Waals surface area contributed by atoms with Crippen molar-refractivity contribution >= 4 is 45.7 Å². The summed E-state index contributed by atoms with van der Waals surface area (Å²) in [5.74, 6) is -0.305. The van der Waals surface area contributed by atoms with Gasteiger partial charge in [-0.3, -0.25) is 9.89 Å². The molecule has 3 rings (SSSR count). The molecule has 0 spiro atoms. The van der Waals surface area contributed by atoms with Crippen LogP contribution in [0.3, 0.4) is 0 Å². The van der Waals surface area contributed by atoms with Gasteiger partial charge in [0, 0.05) is 16.1 Å². The number of anilines is 1. The Kier molecular flexibility index (Phi) is 3.34. The number of hydrogen-bond donors (Lipinski definition) is 2. The number of amides is 1. The predicted octanol–water partition coefficient (Wildman–Crippen LogP) is 4.12. The third-order valence-electron chi connectivity index (χ3n) is 2.87. The standard InChI is InChI=1S/C14H9Cl2N3O/c15-9-1-3-12(16)11(6-9)14(20)18-10-2-4-13-8(5-10)7-17-19-13/h1-7H,(H,17,19)(H,18,20). The Labute approximate surface area is 124 Å². The molecule has 0 radical (unpaired) electrons. The van der Waals surface area contributed by atoms with E-state index in [1.165, 1.54) is 6.07 Å². The van der Waals surface area contributed by atoms with Crippen LogP contribution in [0.15, 0.2) is 42.6 Å². The molecule has 1 heterocycles. The van der Waals surface area contributed by atoms with Gasteiger partial charge in [-0.1, -0.05) is 23.2 Å². The summed E-state index contributed by atoms with van der Waals surface area (Å²) in [7, 11) is 0. The maximum atomic E-state index is 12.2. The lowest BCUT2D eigenvalue weighted by Crippen LogP contribution is -2.12. The van der Waals surface area contributed by atoms with Gasteiger partial charge in [0.1, 0.15) is 0 Å². The first kappa shape index (κ1) is 13.0. The van der Waals surface area contributed by atoms with E-state index >= 15 is 0 Å². The first-order valence-corrected chi connectivity index (χ1v) is 6.58. The molecule has 6 heteroatoms. The highest BCUT2D eigenvalue weighted by atomic mass is 35.5. The Morgan fingerprint density at radius 2 is 2.00 bits per heavy atom. The average Bonchev–Trinajstić information content (AvgIpc) is 2.89. The highest BCUT2D eigenvalue weighted by Gasteiger charge is 2.11. The monoisotopic (exact) mass is 305 g/mol. The number of rotatable bonds is 2. The lowest BCUT2D eigenvalue weighted by Gasteiger charge is -2.07. The van der Waals surface area contributed by atoms with Gasteiger partial charge in [0.2, 0.25) is 0 Å². The number of nitrogens with one attached hydrogen (secondary N) is 2. The van der Waals surface area contributed by atoms with Crippen LogP contribution >= 0.6 is 23.2 Å². The number of hydrogen-bond acceptors (Lipinski definition) is 2. The molecule has 2 aromatic carbocycles. The van der Waals surface area contributed by atoms with Crippen molar-refractivity contribution in [2.45, 2.75) is 0 Å².